The average Bonchev–Trinajstić information content (AvgIpc) is 3.10. The maximum absolute atomic E-state index is 11.9. The zero-order valence-corrected chi connectivity index (χ0v) is 17.4. The second-order valence-electron chi connectivity index (χ2n) is 6.51. The van der Waals surface area contributed by atoms with Gasteiger partial charge in [0, 0.05) is 5.56 Å². The van der Waals surface area contributed by atoms with Crippen molar-refractivity contribution in [3.8, 4) is 22.8 Å². The highest BCUT2D eigenvalue weighted by Crippen LogP contribution is 2.34. The standard InChI is InChI=1S/C20H21ClN4O2S/c1-12(2)17(18(22)26)28-20-24-23-19(13-7-5-4-6-8-13)25(20)14-9-10-16(27-3)15(21)11-14/h4-12,17H,1-3H3,(H2,22,26). The van der Waals surface area contributed by atoms with Gasteiger partial charge in [0.15, 0.2) is 11.0 Å². The predicted molar refractivity (Wildman–Crippen MR) is 112 cm³/mol. The first-order valence-electron chi connectivity index (χ1n) is 8.73. The topological polar surface area (TPSA) is 83.0 Å². The van der Waals surface area contributed by atoms with Gasteiger partial charge in [-0.2, -0.15) is 0 Å². The minimum Gasteiger partial charge on any atom is -0.495 e. The zero-order valence-electron chi connectivity index (χ0n) is 15.8. The molecule has 1 unspecified atom stereocenters. The smallest absolute Gasteiger partial charge is 0.231 e. The highest BCUT2D eigenvalue weighted by atomic mass is 35.5. The molecule has 0 radical (unpaired) electrons. The van der Waals surface area contributed by atoms with E-state index in [0.717, 1.165) is 11.3 Å². The van der Waals surface area contributed by atoms with Crippen LogP contribution in [-0.4, -0.2) is 33.0 Å². The molecule has 146 valence electrons. The molecule has 6 nitrogen and oxygen atoms in total. The Morgan fingerprint density at radius 2 is 1.89 bits per heavy atom. The summed E-state index contributed by atoms with van der Waals surface area (Å²) in [5.74, 6) is 0.887. The quantitative estimate of drug-likeness (QED) is 0.583. The molecular weight excluding hydrogens is 396 g/mol. The van der Waals surface area contributed by atoms with E-state index in [4.69, 9.17) is 22.1 Å². The van der Waals surface area contributed by atoms with E-state index < -0.39 is 5.25 Å². The molecule has 3 rings (SSSR count). The van der Waals surface area contributed by atoms with Crippen LogP contribution < -0.4 is 10.5 Å². The first-order chi connectivity index (χ1) is 13.4. The van der Waals surface area contributed by atoms with Gasteiger partial charge in [0.1, 0.15) is 5.75 Å². The Kier molecular flexibility index (Phi) is 6.26. The molecule has 0 aliphatic heterocycles. The summed E-state index contributed by atoms with van der Waals surface area (Å²) >= 11 is 7.64. The molecule has 1 amide bonds. The molecule has 8 heteroatoms. The number of methoxy groups -OCH3 is 1. The van der Waals surface area contributed by atoms with Crippen LogP contribution in [0.5, 0.6) is 5.75 Å². The summed E-state index contributed by atoms with van der Waals surface area (Å²) in [6, 6.07) is 15.2. The monoisotopic (exact) mass is 416 g/mol. The van der Waals surface area contributed by atoms with Gasteiger partial charge in [-0.3, -0.25) is 9.36 Å². The third kappa shape index (κ3) is 4.15. The lowest BCUT2D eigenvalue weighted by atomic mass is 10.1. The van der Waals surface area contributed by atoms with E-state index in [9.17, 15) is 4.79 Å². The first-order valence-corrected chi connectivity index (χ1v) is 9.99. The van der Waals surface area contributed by atoms with Crippen LogP contribution in [0.4, 0.5) is 0 Å². The Morgan fingerprint density at radius 3 is 2.46 bits per heavy atom. The average molecular weight is 417 g/mol. The van der Waals surface area contributed by atoms with Crippen LogP contribution in [0.1, 0.15) is 13.8 Å². The van der Waals surface area contributed by atoms with Crippen molar-refractivity contribution >= 4 is 29.3 Å². The van der Waals surface area contributed by atoms with Crippen molar-refractivity contribution in [3.63, 3.8) is 0 Å². The third-order valence-corrected chi connectivity index (χ3v) is 5.98. The predicted octanol–water partition coefficient (Wildman–Crippen LogP) is 4.20. The summed E-state index contributed by atoms with van der Waals surface area (Å²) in [4.78, 5) is 11.9. The molecule has 2 N–H and O–H groups in total. The van der Waals surface area contributed by atoms with Crippen LogP contribution >= 0.6 is 23.4 Å². The van der Waals surface area contributed by atoms with Crippen LogP contribution in [0.2, 0.25) is 5.02 Å². The van der Waals surface area contributed by atoms with Gasteiger partial charge in [0.25, 0.3) is 0 Å². The number of thioether (sulfide) groups is 1. The van der Waals surface area contributed by atoms with Gasteiger partial charge < -0.3 is 10.5 Å². The van der Waals surface area contributed by atoms with Gasteiger partial charge in [0.2, 0.25) is 5.91 Å². The fourth-order valence-electron chi connectivity index (χ4n) is 2.78. The molecule has 1 aromatic heterocycles. The molecule has 0 fully saturated rings. The maximum atomic E-state index is 11.9. The second kappa shape index (κ2) is 8.67. The van der Waals surface area contributed by atoms with Crippen LogP contribution in [0.15, 0.2) is 53.7 Å². The lowest BCUT2D eigenvalue weighted by Crippen LogP contribution is -2.30. The number of amides is 1. The molecule has 0 aliphatic carbocycles. The molecule has 28 heavy (non-hydrogen) atoms. The summed E-state index contributed by atoms with van der Waals surface area (Å²) in [6.45, 7) is 3.90. The third-order valence-electron chi connectivity index (χ3n) is 4.18. The highest BCUT2D eigenvalue weighted by molar-refractivity contribution is 8.00. The maximum Gasteiger partial charge on any atom is 0.231 e. The van der Waals surface area contributed by atoms with E-state index in [1.165, 1.54) is 11.8 Å². The number of halogens is 1. The first kappa shape index (κ1) is 20.2. The fourth-order valence-corrected chi connectivity index (χ4v) is 4.04. The Labute approximate surface area is 173 Å². The van der Waals surface area contributed by atoms with Gasteiger partial charge >= 0.3 is 0 Å². The molecule has 0 bridgehead atoms. The van der Waals surface area contributed by atoms with Crippen molar-refractivity contribution in [1.29, 1.82) is 0 Å². The Morgan fingerprint density at radius 1 is 1.18 bits per heavy atom. The number of rotatable bonds is 7. The number of carbonyl (C=O) groups is 1. The number of hydrogen-bond donors (Lipinski definition) is 1. The minimum absolute atomic E-state index is 0.0484. The van der Waals surface area contributed by atoms with E-state index in [2.05, 4.69) is 10.2 Å². The van der Waals surface area contributed by atoms with Crippen molar-refractivity contribution in [2.24, 2.45) is 11.7 Å². The lowest BCUT2D eigenvalue weighted by molar-refractivity contribution is -0.118. The van der Waals surface area contributed by atoms with Gasteiger partial charge in [-0.1, -0.05) is 67.5 Å². The summed E-state index contributed by atoms with van der Waals surface area (Å²) in [5.41, 5.74) is 7.26. The van der Waals surface area contributed by atoms with E-state index in [1.54, 1.807) is 19.2 Å². The van der Waals surface area contributed by atoms with Gasteiger partial charge in [0.05, 0.1) is 23.1 Å². The number of aromatic nitrogens is 3. The molecule has 2 aromatic carbocycles. The number of nitrogens with two attached hydrogens (primary N) is 1. The van der Waals surface area contributed by atoms with Crippen molar-refractivity contribution in [3.05, 3.63) is 53.6 Å². The van der Waals surface area contributed by atoms with E-state index in [-0.39, 0.29) is 11.8 Å². The van der Waals surface area contributed by atoms with Crippen LogP contribution in [0.3, 0.4) is 0 Å². The molecule has 0 aliphatic rings. The molecule has 3 aromatic rings. The number of nitrogens with zero attached hydrogens (tertiary/aromatic N) is 3. The molecule has 1 heterocycles. The Hall–Kier alpha value is -2.51. The largest absolute Gasteiger partial charge is 0.495 e. The number of carbonyl (C=O) groups excluding carboxylic acids is 1. The summed E-state index contributed by atoms with van der Waals surface area (Å²) in [5, 5.41) is 9.32. The van der Waals surface area contributed by atoms with Crippen molar-refractivity contribution in [2.45, 2.75) is 24.3 Å². The number of benzene rings is 2. The molecule has 1 atom stereocenters. The van der Waals surface area contributed by atoms with Crippen LogP contribution in [0, 0.1) is 5.92 Å². The number of ether oxygens (including phenoxy) is 1. The van der Waals surface area contributed by atoms with Crippen molar-refractivity contribution in [1.82, 2.24) is 14.8 Å². The van der Waals surface area contributed by atoms with Crippen molar-refractivity contribution in [2.75, 3.05) is 7.11 Å². The number of primary amides is 1. The summed E-state index contributed by atoms with van der Waals surface area (Å²) in [6.07, 6.45) is 0. The molecule has 0 saturated heterocycles. The molecule has 0 spiro atoms. The van der Waals surface area contributed by atoms with E-state index >= 15 is 0 Å². The fraction of sp³-hybridized carbons (Fsp3) is 0.250. The van der Waals surface area contributed by atoms with E-state index in [0.29, 0.717) is 21.8 Å². The SMILES string of the molecule is COc1ccc(-n2c(SC(C(N)=O)C(C)C)nnc2-c2ccccc2)cc1Cl. The Balaban J connectivity index is 2.15. The summed E-state index contributed by atoms with van der Waals surface area (Å²) in [7, 11) is 1.57. The molecule has 0 saturated carbocycles. The summed E-state index contributed by atoms with van der Waals surface area (Å²) < 4.78 is 7.13. The Bertz CT molecular complexity index is 976. The molecular formula is C20H21ClN4O2S. The highest BCUT2D eigenvalue weighted by Gasteiger charge is 2.26. The zero-order chi connectivity index (χ0) is 20.3. The van der Waals surface area contributed by atoms with Crippen LogP contribution in [-0.2, 0) is 4.79 Å². The minimum atomic E-state index is -0.430. The van der Waals surface area contributed by atoms with Gasteiger partial charge in [-0.05, 0) is 24.1 Å². The number of hydrogen-bond acceptors (Lipinski definition) is 5. The normalized spacial score (nSPS) is 12.2. The van der Waals surface area contributed by atoms with Gasteiger partial charge in [-0.25, -0.2) is 0 Å². The van der Waals surface area contributed by atoms with E-state index in [1.807, 2.05) is 54.8 Å². The van der Waals surface area contributed by atoms with Crippen LogP contribution in [0.25, 0.3) is 17.1 Å². The lowest BCUT2D eigenvalue weighted by Gasteiger charge is -2.17. The second-order valence-corrected chi connectivity index (χ2v) is 8.03. The van der Waals surface area contributed by atoms with Gasteiger partial charge in [-0.15, -0.1) is 10.2 Å². The van der Waals surface area contributed by atoms with Crippen molar-refractivity contribution < 1.29 is 9.53 Å².